The van der Waals surface area contributed by atoms with E-state index in [1.807, 2.05) is 12.2 Å². The van der Waals surface area contributed by atoms with Crippen molar-refractivity contribution >= 4 is 69.1 Å². The van der Waals surface area contributed by atoms with Crippen molar-refractivity contribution in [2.45, 2.75) is 96.4 Å². The Kier molecular flexibility index (Phi) is 21.9. The average molecular weight is 972 g/mol. The fourth-order valence-corrected chi connectivity index (χ4v) is 8.99. The number of hydrogen-bond donors (Lipinski definition) is 9. The van der Waals surface area contributed by atoms with Crippen LogP contribution in [0.3, 0.4) is 0 Å². The first kappa shape index (κ1) is 54.1. The van der Waals surface area contributed by atoms with Crippen molar-refractivity contribution in [3.8, 4) is 0 Å². The van der Waals surface area contributed by atoms with E-state index in [2.05, 4.69) is 59.6 Å². The Balaban J connectivity index is 1.38. The van der Waals surface area contributed by atoms with Gasteiger partial charge in [-0.1, -0.05) is 81.8 Å². The van der Waals surface area contributed by atoms with Crippen LogP contribution in [0.5, 0.6) is 0 Å². The monoisotopic (exact) mass is 971 g/mol. The first-order valence-electron chi connectivity index (χ1n) is 19.6. The number of nitrogens with zero attached hydrogens (tertiary/aromatic N) is 4. The second-order valence-electron chi connectivity index (χ2n) is 14.5. The number of amides is 2. The van der Waals surface area contributed by atoms with E-state index < -0.39 is 84.6 Å². The Morgan fingerprint density at radius 2 is 1.65 bits per heavy atom. The van der Waals surface area contributed by atoms with Crippen molar-refractivity contribution in [2.24, 2.45) is 5.41 Å². The third-order valence-corrected chi connectivity index (χ3v) is 12.8. The van der Waals surface area contributed by atoms with Crippen LogP contribution in [0.25, 0.3) is 11.2 Å². The van der Waals surface area contributed by atoms with E-state index in [4.69, 9.17) is 19.5 Å². The molecule has 2 aromatic rings. The van der Waals surface area contributed by atoms with Crippen LogP contribution in [-0.4, -0.2) is 123 Å². The minimum atomic E-state index is -5.58. The summed E-state index contributed by atoms with van der Waals surface area (Å²) in [5.74, 6) is -1.12. The van der Waals surface area contributed by atoms with Gasteiger partial charge in [0.25, 0.3) is 0 Å². The number of aliphatic hydroxyl groups is 2. The summed E-state index contributed by atoms with van der Waals surface area (Å²) in [5, 5.41) is 26.4. The molecule has 354 valence electrons. The topological polar surface area (TPSA) is 364 Å². The number of nitrogen functional groups attached to an aromatic ring is 1. The summed E-state index contributed by atoms with van der Waals surface area (Å²) in [6.07, 6.45) is 10.5. The Morgan fingerprint density at radius 3 is 2.33 bits per heavy atom. The lowest BCUT2D eigenvalue weighted by Crippen LogP contribution is -2.46. The lowest BCUT2D eigenvalue weighted by Gasteiger charge is -2.30. The summed E-state index contributed by atoms with van der Waals surface area (Å²) >= 11 is 1.07. The molecule has 1 aliphatic rings. The molecule has 0 radical (unpaired) electrons. The van der Waals surface area contributed by atoms with Crippen molar-refractivity contribution in [2.75, 3.05) is 37.8 Å². The molecule has 10 N–H and O–H groups in total. The second kappa shape index (κ2) is 25.5. The van der Waals surface area contributed by atoms with Crippen LogP contribution in [0.4, 0.5) is 5.82 Å². The summed E-state index contributed by atoms with van der Waals surface area (Å²) in [6, 6.07) is 0. The lowest BCUT2D eigenvalue weighted by atomic mass is 9.87. The molecule has 28 heteroatoms. The fourth-order valence-electron chi connectivity index (χ4n) is 5.52. The fraction of sp³-hybridized carbons (Fsp3) is 0.600. The van der Waals surface area contributed by atoms with Gasteiger partial charge < -0.3 is 50.9 Å². The van der Waals surface area contributed by atoms with E-state index in [0.717, 1.165) is 48.2 Å². The van der Waals surface area contributed by atoms with Crippen LogP contribution in [-0.2, 0) is 50.7 Å². The number of aliphatic hydroxyl groups excluding tert-OH is 2. The minimum Gasteiger partial charge on any atom is -0.386 e. The molecule has 0 aliphatic carbocycles. The van der Waals surface area contributed by atoms with E-state index in [1.54, 1.807) is 6.08 Å². The van der Waals surface area contributed by atoms with Gasteiger partial charge in [0.05, 0.1) is 19.5 Å². The third kappa shape index (κ3) is 19.0. The third-order valence-electron chi connectivity index (χ3n) is 8.82. The van der Waals surface area contributed by atoms with E-state index in [-0.39, 0.29) is 48.0 Å². The summed E-state index contributed by atoms with van der Waals surface area (Å²) in [7, 11) is -16.4. The van der Waals surface area contributed by atoms with Crippen molar-refractivity contribution in [3.63, 3.8) is 0 Å². The Hall–Kier alpha value is -3.22. The van der Waals surface area contributed by atoms with Gasteiger partial charge >= 0.3 is 23.5 Å². The van der Waals surface area contributed by atoms with Gasteiger partial charge in [-0.3, -0.25) is 32.5 Å². The summed E-state index contributed by atoms with van der Waals surface area (Å²) in [6.45, 7) is 2.64. The molecular weight excluding hydrogens is 915 g/mol. The molecule has 2 amide bonds. The Bertz CT molecular complexity index is 2070. The zero-order valence-corrected chi connectivity index (χ0v) is 38.3. The van der Waals surface area contributed by atoms with Crippen molar-refractivity contribution in [1.82, 2.24) is 30.2 Å². The van der Waals surface area contributed by atoms with Gasteiger partial charge in [-0.2, -0.15) is 4.31 Å². The molecule has 3 rings (SSSR count). The molecule has 1 saturated heterocycles. The number of fused-ring (bicyclic) bond motifs is 1. The molecule has 1 aliphatic heterocycles. The van der Waals surface area contributed by atoms with Gasteiger partial charge in [0.2, 0.25) is 11.8 Å². The molecule has 2 aromatic heterocycles. The highest BCUT2D eigenvalue weighted by atomic mass is 32.2. The Labute approximate surface area is 367 Å². The van der Waals surface area contributed by atoms with E-state index in [9.17, 15) is 57.9 Å². The second-order valence-corrected chi connectivity index (χ2v) is 19.9. The standard InChI is InChI=1S/C35H56N7O17P3S/c1-4-5-6-7-8-9-10-11-12-13-14-15-26(44)63-19-18-37-25(43)16-17-38-33(47)30(46)35(2,3)21-56-62(53,54)59-61(51,52)55-20-24-29(58-60(48,49)50)28(45)34(57-24)42-23-41-27-31(36)39-22-40-32(27)42/h7-8,10-11,13-14,22-24,28-30,34,45-46H,4-6,9,12,15-21H2,1-3H3,(H,37,43)(H,38,47)(H,51,52)(H,53,54)(H2,36,39,40)(H2,48,49,50)/b8-7+,11-10+,14-13+. The minimum absolute atomic E-state index is 0.0300. The number of hydrogen-bond acceptors (Lipinski definition) is 18. The summed E-state index contributed by atoms with van der Waals surface area (Å²) in [4.78, 5) is 88.0. The summed E-state index contributed by atoms with van der Waals surface area (Å²) < 4.78 is 62.3. The molecule has 24 nitrogen and oxygen atoms in total. The van der Waals surface area contributed by atoms with Crippen molar-refractivity contribution in [3.05, 3.63) is 49.1 Å². The van der Waals surface area contributed by atoms with Gasteiger partial charge in [-0.25, -0.2) is 28.6 Å². The maximum absolute atomic E-state index is 12.7. The molecule has 0 saturated carbocycles. The number of allylic oxidation sites excluding steroid dienone is 6. The SMILES string of the molecule is CCCC/C=C/C/C=C/C/C=C/CC(=O)SCCNC(=O)CCNC(=O)C(O)C(C)(C)COP(=O)(O)OP(=O)(O)OCC1OC(n2cnc3c(N)ncnc32)C(O)C1OP(=O)(O)O. The van der Waals surface area contributed by atoms with Crippen LogP contribution in [0.2, 0.25) is 0 Å². The smallest absolute Gasteiger partial charge is 0.386 e. The number of phosphoric acid groups is 3. The van der Waals surface area contributed by atoms with Crippen LogP contribution < -0.4 is 16.4 Å². The van der Waals surface area contributed by atoms with Gasteiger partial charge in [0.15, 0.2) is 22.8 Å². The van der Waals surface area contributed by atoms with Crippen LogP contribution >= 0.6 is 35.2 Å². The molecule has 63 heavy (non-hydrogen) atoms. The number of anilines is 1. The van der Waals surface area contributed by atoms with Gasteiger partial charge in [-0.15, -0.1) is 0 Å². The molecule has 0 spiro atoms. The number of ether oxygens (including phenoxy) is 1. The maximum Gasteiger partial charge on any atom is 0.481 e. The lowest BCUT2D eigenvalue weighted by molar-refractivity contribution is -0.137. The van der Waals surface area contributed by atoms with Gasteiger partial charge in [-0.05, 0) is 19.3 Å². The predicted octanol–water partition coefficient (Wildman–Crippen LogP) is 2.69. The molecule has 0 bridgehead atoms. The number of nitrogens with two attached hydrogens (primary N) is 1. The van der Waals surface area contributed by atoms with Crippen LogP contribution in [0.15, 0.2) is 49.1 Å². The number of rotatable bonds is 28. The first-order chi connectivity index (χ1) is 29.6. The van der Waals surface area contributed by atoms with Crippen molar-refractivity contribution in [1.29, 1.82) is 0 Å². The van der Waals surface area contributed by atoms with Crippen LogP contribution in [0, 0.1) is 5.41 Å². The molecule has 0 aromatic carbocycles. The molecular formula is C35H56N7O17P3S. The molecule has 7 atom stereocenters. The number of aromatic nitrogens is 4. The number of unbranched alkanes of at least 4 members (excludes halogenated alkanes) is 2. The predicted molar refractivity (Wildman–Crippen MR) is 228 cm³/mol. The Morgan fingerprint density at radius 1 is 0.984 bits per heavy atom. The summed E-state index contributed by atoms with van der Waals surface area (Å²) in [5.41, 5.74) is 4.26. The zero-order chi connectivity index (χ0) is 46.8. The number of imidazole rings is 1. The number of carbonyl (C=O) groups excluding carboxylic acids is 3. The molecule has 3 heterocycles. The van der Waals surface area contributed by atoms with Gasteiger partial charge in [0.1, 0.15) is 36.3 Å². The number of thioether (sulfide) groups is 1. The number of phosphoric ester groups is 3. The van der Waals surface area contributed by atoms with Gasteiger partial charge in [0, 0.05) is 37.1 Å². The first-order valence-corrected chi connectivity index (χ1v) is 25.1. The van der Waals surface area contributed by atoms with E-state index >= 15 is 0 Å². The van der Waals surface area contributed by atoms with Crippen molar-refractivity contribution < 1.29 is 80.5 Å². The quantitative estimate of drug-likeness (QED) is 0.0336. The zero-order valence-electron chi connectivity index (χ0n) is 34.8. The highest BCUT2D eigenvalue weighted by Crippen LogP contribution is 2.61. The molecule has 7 unspecified atom stereocenters. The van der Waals surface area contributed by atoms with E-state index in [1.165, 1.54) is 26.7 Å². The molecule has 1 fully saturated rings. The average Bonchev–Trinajstić information content (AvgIpc) is 3.76. The largest absolute Gasteiger partial charge is 0.481 e. The van der Waals surface area contributed by atoms with E-state index in [0.29, 0.717) is 5.75 Å². The number of carbonyl (C=O) groups is 3. The highest BCUT2D eigenvalue weighted by molar-refractivity contribution is 8.13. The van der Waals surface area contributed by atoms with Crippen LogP contribution in [0.1, 0.15) is 71.9 Å². The number of nitrogens with one attached hydrogen (secondary N) is 2. The normalized spacial score (nSPS) is 21.0. The highest BCUT2D eigenvalue weighted by Gasteiger charge is 2.50. The maximum atomic E-state index is 12.7.